The summed E-state index contributed by atoms with van der Waals surface area (Å²) in [7, 11) is 0. The third kappa shape index (κ3) is 9.82. The molecule has 0 aliphatic rings. The number of alkyl halides is 34. The summed E-state index contributed by atoms with van der Waals surface area (Å²) in [6.45, 7) is -5.50. The van der Waals surface area contributed by atoms with Gasteiger partial charge in [-0.25, -0.2) is 5.26 Å². The highest BCUT2D eigenvalue weighted by Gasteiger charge is 2.97. The van der Waals surface area contributed by atoms with Crippen molar-refractivity contribution in [3.05, 3.63) is 0 Å². The zero-order valence-electron chi connectivity index (χ0n) is 29.3. The Hall–Kier alpha value is -3.21. The van der Waals surface area contributed by atoms with Crippen LogP contribution in [0, 0.1) is 0 Å². The maximum absolute atomic E-state index is 14.0. The molecule has 0 saturated carbocycles. The van der Waals surface area contributed by atoms with Gasteiger partial charge in [-0.3, -0.25) is 9.59 Å². The van der Waals surface area contributed by atoms with E-state index in [9.17, 15) is 159 Å². The van der Waals surface area contributed by atoms with Crippen molar-refractivity contribution in [3.63, 3.8) is 0 Å². The van der Waals surface area contributed by atoms with Gasteiger partial charge in [-0.15, -0.1) is 4.33 Å². The fraction of sp³-hybridized carbons (Fsp3) is 0.917. The van der Waals surface area contributed by atoms with Gasteiger partial charge in [0.1, 0.15) is 5.25 Å². The Bertz CT molecular complexity index is 1690. The largest absolute Gasteiger partial charge is 0.465 e. The van der Waals surface area contributed by atoms with E-state index in [0.717, 1.165) is 0 Å². The molecule has 42 heteroatoms. The van der Waals surface area contributed by atoms with Crippen LogP contribution in [0.3, 0.4) is 0 Å². The zero-order chi connectivity index (χ0) is 53.8. The molecule has 0 bridgehead atoms. The molecule has 0 amide bonds. The van der Waals surface area contributed by atoms with E-state index in [0.29, 0.717) is 0 Å². The number of halogens is 34. The van der Waals surface area contributed by atoms with Crippen molar-refractivity contribution < 1.29 is 183 Å². The first kappa shape index (κ1) is 62.8. The topological polar surface area (TPSA) is 91.3 Å². The summed E-state index contributed by atoms with van der Waals surface area (Å²) in [5.41, 5.74) is 0. The third-order valence-corrected chi connectivity index (χ3v) is 8.45. The van der Waals surface area contributed by atoms with Crippen molar-refractivity contribution in [1.82, 2.24) is 0 Å². The summed E-state index contributed by atoms with van der Waals surface area (Å²) < 4.78 is 465. The summed E-state index contributed by atoms with van der Waals surface area (Å²) >= 11 is -1.01. The van der Waals surface area contributed by atoms with Crippen LogP contribution in [0.4, 0.5) is 149 Å². The molecule has 1 atom stereocenters. The van der Waals surface area contributed by atoms with E-state index in [4.69, 9.17) is 5.26 Å². The van der Waals surface area contributed by atoms with Gasteiger partial charge in [-0.2, -0.15) is 149 Å². The monoisotopic (exact) mass is 1090 g/mol. The molecule has 0 fully saturated rings. The lowest BCUT2D eigenvalue weighted by Gasteiger charge is -2.42. The molecule has 0 aliphatic heterocycles. The highest BCUT2D eigenvalue weighted by Crippen LogP contribution is 2.66. The molecule has 1 N–H and O–H groups in total. The van der Waals surface area contributed by atoms with Crippen LogP contribution in [0.5, 0.6) is 0 Å². The molecule has 0 aromatic heterocycles. The number of carbonyl (C=O) groups excluding carboxylic acids is 2. The van der Waals surface area contributed by atoms with Crippen molar-refractivity contribution >= 4 is 24.0 Å². The van der Waals surface area contributed by atoms with Crippen molar-refractivity contribution in [2.75, 3.05) is 13.2 Å². The molecular weight excluding hydrogens is 1080 g/mol. The van der Waals surface area contributed by atoms with E-state index in [1.54, 1.807) is 0 Å². The first-order valence-electron chi connectivity index (χ1n) is 14.8. The van der Waals surface area contributed by atoms with Gasteiger partial charge in [-0.05, 0) is 0 Å². The summed E-state index contributed by atoms with van der Waals surface area (Å²) in [6.07, 6.45) is -25.3. The van der Waals surface area contributed by atoms with Gasteiger partial charge in [0.2, 0.25) is 0 Å². The summed E-state index contributed by atoms with van der Waals surface area (Å²) in [5.74, 6) is -125. The smallest absolute Gasteiger partial charge is 0.460 e. The van der Waals surface area contributed by atoms with Crippen molar-refractivity contribution in [3.8, 4) is 0 Å². The Morgan fingerprint density at radius 2 is 0.621 bits per heavy atom. The molecular formula is C24H12F34O7S. The molecule has 0 heterocycles. The minimum atomic E-state index is -9.04. The normalized spacial score (nSPS) is 16.3. The van der Waals surface area contributed by atoms with Crippen LogP contribution < -0.4 is 0 Å². The Kier molecular flexibility index (Phi) is 17.4. The SMILES string of the molecule is O=C(CC(SOOO)C(=O)OCCC(F)(F)C(F)(F)C(F)(F)C(F)(F)C(F)(F)C(F)(F)C(F)(F)C(F)(F)F)OCCC(F)(F)C(F)(F)C(F)(F)C(F)(F)C(F)(F)C(F)(F)C(F)(F)C(F)(F)F. The number of esters is 2. The van der Waals surface area contributed by atoms with Crippen LogP contribution in [-0.4, -0.2) is 131 Å². The van der Waals surface area contributed by atoms with Crippen molar-refractivity contribution in [1.29, 1.82) is 0 Å². The fourth-order valence-electron chi connectivity index (χ4n) is 3.80. The second-order valence-electron chi connectivity index (χ2n) is 12.1. The molecule has 0 rings (SSSR count). The quantitative estimate of drug-likeness (QED) is 0.0336. The van der Waals surface area contributed by atoms with Gasteiger partial charge >= 0.3 is 107 Å². The molecule has 0 radical (unpaired) electrons. The molecule has 66 heavy (non-hydrogen) atoms. The van der Waals surface area contributed by atoms with Gasteiger partial charge in [-0.1, -0.05) is 5.04 Å². The van der Waals surface area contributed by atoms with E-state index < -0.39 is 157 Å². The van der Waals surface area contributed by atoms with E-state index in [2.05, 4.69) is 18.8 Å². The Morgan fingerprint density at radius 1 is 0.379 bits per heavy atom. The van der Waals surface area contributed by atoms with Gasteiger partial charge in [0.15, 0.2) is 0 Å². The van der Waals surface area contributed by atoms with Crippen LogP contribution in [0.1, 0.15) is 19.3 Å². The first-order chi connectivity index (χ1) is 28.4. The van der Waals surface area contributed by atoms with Gasteiger partial charge in [0.05, 0.1) is 44.5 Å². The second-order valence-corrected chi connectivity index (χ2v) is 13.0. The number of hydrogen-bond donors (Lipinski definition) is 1. The molecule has 1 unspecified atom stereocenters. The van der Waals surface area contributed by atoms with Gasteiger partial charge in [0.25, 0.3) is 0 Å². The molecule has 0 saturated heterocycles. The molecule has 0 aliphatic carbocycles. The highest BCUT2D eigenvalue weighted by molar-refractivity contribution is 7.95. The summed E-state index contributed by atoms with van der Waals surface area (Å²) in [6, 6.07) is 0. The molecule has 7 nitrogen and oxygen atoms in total. The molecule has 0 spiro atoms. The standard InChI is InChI=1S/C24H12F34O7S/c25-9(26,11(29,30)13(33,34)15(37,38)17(41,42)19(45,46)21(49,50)23(53,54)55)1-3-62-7(59)5-6(66-65-64-61)8(60)63-4-2-10(27,28)12(31,32)14(35,36)16(39,40)18(43,44)20(47,48)22(51,52)24(56,57)58/h6,61H,1-5H2. The van der Waals surface area contributed by atoms with Crippen LogP contribution in [0.15, 0.2) is 0 Å². The fourth-order valence-corrected chi connectivity index (χ4v) is 4.29. The average molecular weight is 1090 g/mol. The molecule has 0 aromatic rings. The number of rotatable bonds is 24. The molecule has 0 aromatic carbocycles. The van der Waals surface area contributed by atoms with E-state index >= 15 is 0 Å². The van der Waals surface area contributed by atoms with Crippen LogP contribution in [-0.2, 0) is 28.4 Å². The Morgan fingerprint density at radius 3 is 0.879 bits per heavy atom. The third-order valence-electron chi connectivity index (χ3n) is 7.71. The van der Waals surface area contributed by atoms with Gasteiger partial charge < -0.3 is 9.47 Å². The average Bonchev–Trinajstić information content (AvgIpc) is 3.10. The lowest BCUT2D eigenvalue weighted by molar-refractivity contribution is -0.461. The van der Waals surface area contributed by atoms with E-state index in [1.807, 2.05) is 0 Å². The maximum atomic E-state index is 14.0. The lowest BCUT2D eigenvalue weighted by atomic mass is 9.88. The summed E-state index contributed by atoms with van der Waals surface area (Å²) in [4.78, 5) is 23.8. The van der Waals surface area contributed by atoms with E-state index in [-0.39, 0.29) is 0 Å². The Balaban J connectivity index is 6.24. The maximum Gasteiger partial charge on any atom is 0.460 e. The van der Waals surface area contributed by atoms with Crippen molar-refractivity contribution in [2.24, 2.45) is 0 Å². The zero-order valence-corrected chi connectivity index (χ0v) is 30.1. The summed E-state index contributed by atoms with van der Waals surface area (Å²) in [5, 5.41) is 7.84. The lowest BCUT2D eigenvalue weighted by Crippen LogP contribution is -2.74. The first-order valence-corrected chi connectivity index (χ1v) is 15.6. The van der Waals surface area contributed by atoms with Gasteiger partial charge in [0, 0.05) is 0 Å². The highest BCUT2D eigenvalue weighted by atomic mass is 32.2. The number of hydrogen-bond acceptors (Lipinski definition) is 8. The molecule has 394 valence electrons. The number of ether oxygens (including phenoxy) is 2. The number of carbonyl (C=O) groups is 2. The minimum absolute atomic E-state index is 1.01. The Labute approximate surface area is 341 Å². The minimum Gasteiger partial charge on any atom is -0.465 e. The van der Waals surface area contributed by atoms with Crippen LogP contribution in [0.25, 0.3) is 0 Å². The van der Waals surface area contributed by atoms with E-state index in [1.165, 1.54) is 0 Å². The van der Waals surface area contributed by atoms with Crippen molar-refractivity contribution in [2.45, 2.75) is 120 Å². The second kappa shape index (κ2) is 18.3. The predicted molar refractivity (Wildman–Crippen MR) is 133 cm³/mol. The van der Waals surface area contributed by atoms with Crippen LogP contribution in [0.2, 0.25) is 0 Å². The van der Waals surface area contributed by atoms with Crippen LogP contribution >= 0.6 is 12.0 Å². The predicted octanol–water partition coefficient (Wildman–Crippen LogP) is 11.7.